The molecular formula is C15H11F3O3. The lowest BCUT2D eigenvalue weighted by atomic mass is 10.1. The number of ether oxygens (including phenoxy) is 1. The minimum Gasteiger partial charge on any atom is -0.504 e. The van der Waals surface area contributed by atoms with Gasteiger partial charge < -0.3 is 14.9 Å². The summed E-state index contributed by atoms with van der Waals surface area (Å²) in [5, 5.41) is 19.4. The molecule has 110 valence electrons. The Morgan fingerprint density at radius 1 is 0.952 bits per heavy atom. The molecule has 0 saturated heterocycles. The molecule has 2 rings (SSSR count). The number of phenolic OH excluding ortho intramolecular Hbond substituents is 2. The van der Waals surface area contributed by atoms with Crippen LogP contribution in [0.15, 0.2) is 24.3 Å². The Morgan fingerprint density at radius 3 is 2.14 bits per heavy atom. The van der Waals surface area contributed by atoms with E-state index in [9.17, 15) is 23.4 Å². The molecule has 0 atom stereocenters. The van der Waals surface area contributed by atoms with E-state index in [1.807, 2.05) is 0 Å². The van der Waals surface area contributed by atoms with Crippen LogP contribution in [0.5, 0.6) is 17.2 Å². The molecule has 2 aromatic rings. The Labute approximate surface area is 118 Å². The fourth-order valence-corrected chi connectivity index (χ4v) is 1.73. The van der Waals surface area contributed by atoms with Gasteiger partial charge in [-0.05, 0) is 29.8 Å². The van der Waals surface area contributed by atoms with E-state index in [0.717, 1.165) is 12.1 Å². The van der Waals surface area contributed by atoms with Gasteiger partial charge in [-0.25, -0.2) is 13.2 Å². The maximum atomic E-state index is 13.1. The minimum absolute atomic E-state index is 0.0705. The molecule has 2 N–H and O–H groups in total. The Hall–Kier alpha value is -2.63. The first-order valence-corrected chi connectivity index (χ1v) is 5.85. The van der Waals surface area contributed by atoms with E-state index >= 15 is 0 Å². The molecule has 6 heteroatoms. The normalized spacial score (nSPS) is 11.0. The summed E-state index contributed by atoms with van der Waals surface area (Å²) < 4.78 is 43.7. The molecule has 0 aromatic heterocycles. The van der Waals surface area contributed by atoms with Gasteiger partial charge in [0.25, 0.3) is 0 Å². The van der Waals surface area contributed by atoms with Crippen LogP contribution in [0.1, 0.15) is 11.1 Å². The summed E-state index contributed by atoms with van der Waals surface area (Å²) in [6.45, 7) is 0. The van der Waals surface area contributed by atoms with Crippen molar-refractivity contribution in [2.45, 2.75) is 0 Å². The first kappa shape index (κ1) is 14.8. The number of aromatic hydroxyl groups is 2. The van der Waals surface area contributed by atoms with Crippen LogP contribution in [0.2, 0.25) is 0 Å². The smallest absolute Gasteiger partial charge is 0.201 e. The molecular weight excluding hydrogens is 285 g/mol. The van der Waals surface area contributed by atoms with Crippen molar-refractivity contribution in [3.63, 3.8) is 0 Å². The van der Waals surface area contributed by atoms with Crippen LogP contribution < -0.4 is 4.74 Å². The third-order valence-corrected chi connectivity index (χ3v) is 2.83. The lowest BCUT2D eigenvalue weighted by Crippen LogP contribution is -1.91. The average Bonchev–Trinajstić information content (AvgIpc) is 2.46. The van der Waals surface area contributed by atoms with Crippen molar-refractivity contribution < 1.29 is 28.1 Å². The van der Waals surface area contributed by atoms with E-state index in [0.29, 0.717) is 0 Å². The van der Waals surface area contributed by atoms with Gasteiger partial charge in [0, 0.05) is 5.56 Å². The van der Waals surface area contributed by atoms with Gasteiger partial charge in [0.2, 0.25) is 5.75 Å². The van der Waals surface area contributed by atoms with Crippen LogP contribution in [-0.4, -0.2) is 17.3 Å². The quantitative estimate of drug-likeness (QED) is 0.516. The zero-order valence-electron chi connectivity index (χ0n) is 10.9. The Bertz CT molecular complexity index is 689. The van der Waals surface area contributed by atoms with Crippen LogP contribution in [0.3, 0.4) is 0 Å². The van der Waals surface area contributed by atoms with Gasteiger partial charge in [-0.2, -0.15) is 0 Å². The highest BCUT2D eigenvalue weighted by molar-refractivity contribution is 5.75. The van der Waals surface area contributed by atoms with Gasteiger partial charge in [-0.1, -0.05) is 12.2 Å². The molecule has 0 radical (unpaired) electrons. The molecule has 0 aliphatic carbocycles. The molecule has 0 spiro atoms. The number of hydrogen-bond acceptors (Lipinski definition) is 3. The molecule has 0 heterocycles. The summed E-state index contributed by atoms with van der Waals surface area (Å²) in [5.74, 6) is -4.96. The Kier molecular flexibility index (Phi) is 4.07. The van der Waals surface area contributed by atoms with E-state index in [-0.39, 0.29) is 16.9 Å². The molecule has 3 nitrogen and oxygen atoms in total. The van der Waals surface area contributed by atoms with Crippen LogP contribution in [0, 0.1) is 17.5 Å². The molecule has 2 aromatic carbocycles. The van der Waals surface area contributed by atoms with Gasteiger partial charge in [0.05, 0.1) is 7.11 Å². The molecule has 0 aliphatic rings. The third-order valence-electron chi connectivity index (χ3n) is 2.83. The first-order valence-electron chi connectivity index (χ1n) is 5.85. The molecule has 0 unspecified atom stereocenters. The number of phenols is 2. The zero-order chi connectivity index (χ0) is 15.6. The fourth-order valence-electron chi connectivity index (χ4n) is 1.73. The predicted molar refractivity (Wildman–Crippen MR) is 71.6 cm³/mol. The van der Waals surface area contributed by atoms with E-state index in [1.165, 1.54) is 31.4 Å². The second-order valence-electron chi connectivity index (χ2n) is 4.19. The summed E-state index contributed by atoms with van der Waals surface area (Å²) in [6.07, 6.45) is 2.59. The van der Waals surface area contributed by atoms with Gasteiger partial charge in [-0.15, -0.1) is 0 Å². The SMILES string of the molecule is COc1ccc(C=Cc2cc(F)c(F)c(F)c2)c(O)c1O. The highest BCUT2D eigenvalue weighted by Gasteiger charge is 2.11. The van der Waals surface area contributed by atoms with Gasteiger partial charge in [0.15, 0.2) is 29.0 Å². The number of benzene rings is 2. The number of halogens is 3. The summed E-state index contributed by atoms with van der Waals surface area (Å²) >= 11 is 0. The molecule has 0 amide bonds. The second kappa shape index (κ2) is 5.78. The van der Waals surface area contributed by atoms with Crippen LogP contribution in [0.25, 0.3) is 12.2 Å². The predicted octanol–water partition coefficient (Wildman–Crippen LogP) is 3.69. The van der Waals surface area contributed by atoms with Crippen LogP contribution >= 0.6 is 0 Å². The number of hydrogen-bond donors (Lipinski definition) is 2. The van der Waals surface area contributed by atoms with E-state index in [2.05, 4.69) is 0 Å². The summed E-state index contributed by atoms with van der Waals surface area (Å²) in [4.78, 5) is 0. The van der Waals surface area contributed by atoms with Crippen LogP contribution in [-0.2, 0) is 0 Å². The number of methoxy groups -OCH3 is 1. The van der Waals surface area contributed by atoms with E-state index in [1.54, 1.807) is 0 Å². The lowest BCUT2D eigenvalue weighted by molar-refractivity contribution is 0.350. The highest BCUT2D eigenvalue weighted by Crippen LogP contribution is 2.38. The maximum absolute atomic E-state index is 13.1. The molecule has 0 fully saturated rings. The van der Waals surface area contributed by atoms with Gasteiger partial charge in [-0.3, -0.25) is 0 Å². The maximum Gasteiger partial charge on any atom is 0.201 e. The van der Waals surface area contributed by atoms with Gasteiger partial charge in [0.1, 0.15) is 0 Å². The lowest BCUT2D eigenvalue weighted by Gasteiger charge is -2.07. The standard InChI is InChI=1S/C15H11F3O3/c1-21-12-5-4-9(14(19)15(12)20)3-2-8-6-10(16)13(18)11(17)7-8/h2-7,19-20H,1H3. The number of rotatable bonds is 3. The topological polar surface area (TPSA) is 49.7 Å². The van der Waals surface area contributed by atoms with Crippen LogP contribution in [0.4, 0.5) is 13.2 Å². The van der Waals surface area contributed by atoms with Crippen molar-refractivity contribution in [1.82, 2.24) is 0 Å². The Morgan fingerprint density at radius 2 is 1.57 bits per heavy atom. The van der Waals surface area contributed by atoms with Crippen molar-refractivity contribution in [2.24, 2.45) is 0 Å². The molecule has 21 heavy (non-hydrogen) atoms. The van der Waals surface area contributed by atoms with Crippen molar-refractivity contribution in [3.05, 3.63) is 52.8 Å². The second-order valence-corrected chi connectivity index (χ2v) is 4.19. The molecule has 0 aliphatic heterocycles. The summed E-state index contributed by atoms with van der Waals surface area (Å²) in [7, 11) is 1.33. The first-order chi connectivity index (χ1) is 9.93. The summed E-state index contributed by atoms with van der Waals surface area (Å²) in [5.41, 5.74) is 0.277. The fraction of sp³-hybridized carbons (Fsp3) is 0.0667. The van der Waals surface area contributed by atoms with Gasteiger partial charge >= 0.3 is 0 Å². The molecule has 0 bridgehead atoms. The monoisotopic (exact) mass is 296 g/mol. The average molecular weight is 296 g/mol. The van der Waals surface area contributed by atoms with E-state index in [4.69, 9.17) is 4.74 Å². The van der Waals surface area contributed by atoms with Crippen molar-refractivity contribution >= 4 is 12.2 Å². The third kappa shape index (κ3) is 2.94. The Balaban J connectivity index is 2.36. The van der Waals surface area contributed by atoms with Crippen molar-refractivity contribution in [3.8, 4) is 17.2 Å². The van der Waals surface area contributed by atoms with E-state index < -0.39 is 29.0 Å². The minimum atomic E-state index is -1.54. The summed E-state index contributed by atoms with van der Waals surface area (Å²) in [6, 6.07) is 4.49. The van der Waals surface area contributed by atoms with Crippen molar-refractivity contribution in [1.29, 1.82) is 0 Å². The highest BCUT2D eigenvalue weighted by atomic mass is 19.2. The molecule has 0 saturated carbocycles. The zero-order valence-corrected chi connectivity index (χ0v) is 10.9. The largest absolute Gasteiger partial charge is 0.504 e. The van der Waals surface area contributed by atoms with Crippen molar-refractivity contribution in [2.75, 3.05) is 7.11 Å².